The van der Waals surface area contributed by atoms with E-state index in [2.05, 4.69) is 15.4 Å². The predicted octanol–water partition coefficient (Wildman–Crippen LogP) is -4.65. The Hall–Kier alpha value is -1.68. The molecule has 7 nitrogen and oxygen atoms in total. The molecule has 0 amide bonds. The molecule has 13 heavy (non-hydrogen) atoms. The third-order valence-electron chi connectivity index (χ3n) is 1.25. The van der Waals surface area contributed by atoms with Crippen molar-refractivity contribution in [1.82, 2.24) is 0 Å². The van der Waals surface area contributed by atoms with Gasteiger partial charge in [-0.1, -0.05) is 0 Å². The first-order valence-corrected chi connectivity index (χ1v) is 2.70. The van der Waals surface area contributed by atoms with E-state index in [1.807, 2.05) is 0 Å². The van der Waals surface area contributed by atoms with Crippen LogP contribution in [0, 0.1) is 22.7 Å². The first kappa shape index (κ1) is 11.3. The van der Waals surface area contributed by atoms with Gasteiger partial charge >= 0.3 is 18.9 Å². The second kappa shape index (κ2) is 3.82. The quantitative estimate of drug-likeness (QED) is 0.366. The molecule has 1 unspecified atom stereocenters. The standard InChI is InChI=1S/C5HN5O2.Li/c6-1-3-5(2-7,4(11)12)9-10-8-3;/h(H,11,12);/q;+1/p-1. The molecule has 1 heterocycles. The first-order valence-electron chi connectivity index (χ1n) is 2.70. The summed E-state index contributed by atoms with van der Waals surface area (Å²) >= 11 is 0. The average molecular weight is 169 g/mol. The Morgan fingerprint density at radius 2 is 2.15 bits per heavy atom. The number of nitrogens with zero attached hydrogens (tertiary/aromatic N) is 5. The zero-order valence-corrected chi connectivity index (χ0v) is 6.55. The molecule has 1 aliphatic rings. The number of hydrogen-bond donors (Lipinski definition) is 0. The molecule has 1 rings (SSSR count). The molecular formula is C5LiN5O2. The van der Waals surface area contributed by atoms with E-state index in [0.717, 1.165) is 0 Å². The van der Waals surface area contributed by atoms with Crippen molar-refractivity contribution < 1.29 is 28.8 Å². The molecule has 8 heteroatoms. The van der Waals surface area contributed by atoms with Crippen LogP contribution in [0.3, 0.4) is 0 Å². The van der Waals surface area contributed by atoms with Crippen molar-refractivity contribution in [2.24, 2.45) is 15.4 Å². The minimum absolute atomic E-state index is 0. The van der Waals surface area contributed by atoms with E-state index in [4.69, 9.17) is 10.5 Å². The molecule has 0 aromatic heterocycles. The zero-order chi connectivity index (χ0) is 9.19. The zero-order valence-electron chi connectivity index (χ0n) is 6.55. The molecule has 58 valence electrons. The fraction of sp³-hybridized carbons (Fsp3) is 0.200. The minimum Gasteiger partial charge on any atom is -0.546 e. The molecule has 1 atom stereocenters. The molecule has 0 saturated carbocycles. The Labute approximate surface area is 84.5 Å². The van der Waals surface area contributed by atoms with Gasteiger partial charge < -0.3 is 9.90 Å². The van der Waals surface area contributed by atoms with Crippen LogP contribution < -0.4 is 24.0 Å². The molecule has 0 spiro atoms. The van der Waals surface area contributed by atoms with Crippen molar-refractivity contribution in [1.29, 1.82) is 10.5 Å². The molecule has 0 aromatic rings. The Kier molecular flexibility index (Phi) is 3.32. The number of carbonyl (C=O) groups is 1. The Balaban J connectivity index is 0.00000144. The number of nitriles is 2. The van der Waals surface area contributed by atoms with E-state index >= 15 is 0 Å². The summed E-state index contributed by atoms with van der Waals surface area (Å²) in [7, 11) is 0. The molecule has 0 fully saturated rings. The van der Waals surface area contributed by atoms with Crippen LogP contribution in [0.1, 0.15) is 0 Å². The van der Waals surface area contributed by atoms with E-state index in [9.17, 15) is 9.90 Å². The molecule has 0 radical (unpaired) electrons. The SMILES string of the molecule is N#CC1=NN=NC1(C#N)C(=O)[O-].[Li+]. The number of rotatable bonds is 1. The first-order chi connectivity index (χ1) is 5.67. The van der Waals surface area contributed by atoms with Crippen molar-refractivity contribution in [3.05, 3.63) is 0 Å². The second-order valence-electron chi connectivity index (χ2n) is 1.86. The topological polar surface area (TPSA) is 125 Å². The van der Waals surface area contributed by atoms with E-state index in [1.165, 1.54) is 12.1 Å². The van der Waals surface area contributed by atoms with Gasteiger partial charge in [0, 0.05) is 0 Å². The molecule has 1 aliphatic heterocycles. The Morgan fingerprint density at radius 3 is 2.46 bits per heavy atom. The summed E-state index contributed by atoms with van der Waals surface area (Å²) < 4.78 is 0. The number of hydrogen-bond acceptors (Lipinski definition) is 7. The largest absolute Gasteiger partial charge is 1.00 e. The maximum Gasteiger partial charge on any atom is 1.00 e. The van der Waals surface area contributed by atoms with Gasteiger partial charge in [0.05, 0.1) is 5.97 Å². The van der Waals surface area contributed by atoms with Gasteiger partial charge in [-0.2, -0.15) is 10.5 Å². The van der Waals surface area contributed by atoms with Crippen LogP contribution in [0.5, 0.6) is 0 Å². The third-order valence-corrected chi connectivity index (χ3v) is 1.25. The van der Waals surface area contributed by atoms with Crippen LogP contribution >= 0.6 is 0 Å². The Bertz CT molecular complexity index is 375. The van der Waals surface area contributed by atoms with Crippen LogP contribution in [-0.2, 0) is 4.79 Å². The van der Waals surface area contributed by atoms with E-state index in [1.54, 1.807) is 0 Å². The summed E-state index contributed by atoms with van der Waals surface area (Å²) in [6.45, 7) is 0. The third kappa shape index (κ3) is 1.43. The monoisotopic (exact) mass is 169 g/mol. The van der Waals surface area contributed by atoms with Crippen LogP contribution in [0.15, 0.2) is 15.4 Å². The van der Waals surface area contributed by atoms with Crippen molar-refractivity contribution in [2.75, 3.05) is 0 Å². The summed E-state index contributed by atoms with van der Waals surface area (Å²) in [6, 6.07) is 2.71. The van der Waals surface area contributed by atoms with Gasteiger partial charge in [0.2, 0.25) is 0 Å². The number of carbonyl (C=O) groups excluding carboxylic acids is 1. The summed E-state index contributed by atoms with van der Waals surface area (Å²) in [5.41, 5.74) is -2.92. The van der Waals surface area contributed by atoms with Gasteiger partial charge in [-0.05, 0) is 5.22 Å². The second-order valence-corrected chi connectivity index (χ2v) is 1.86. The summed E-state index contributed by atoms with van der Waals surface area (Å²) in [5, 5.41) is 36.2. The van der Waals surface area contributed by atoms with E-state index in [-0.39, 0.29) is 18.9 Å². The van der Waals surface area contributed by atoms with Gasteiger partial charge in [-0.3, -0.25) is 0 Å². The molecule has 0 bridgehead atoms. The maximum absolute atomic E-state index is 10.4. The smallest absolute Gasteiger partial charge is 0.546 e. The average Bonchev–Trinajstić information content (AvgIpc) is 2.47. The summed E-state index contributed by atoms with van der Waals surface area (Å²) in [6.07, 6.45) is 0. The Morgan fingerprint density at radius 1 is 1.54 bits per heavy atom. The van der Waals surface area contributed by atoms with Crippen LogP contribution in [0.2, 0.25) is 0 Å². The van der Waals surface area contributed by atoms with Crippen LogP contribution in [0.4, 0.5) is 0 Å². The predicted molar refractivity (Wildman–Crippen MR) is 31.3 cm³/mol. The van der Waals surface area contributed by atoms with Crippen LogP contribution in [0.25, 0.3) is 0 Å². The fourth-order valence-corrected chi connectivity index (χ4v) is 0.616. The minimum atomic E-state index is -2.34. The number of carboxylic acid groups (broad SMARTS) is 1. The van der Waals surface area contributed by atoms with Crippen molar-refractivity contribution in [3.63, 3.8) is 0 Å². The molecule has 0 saturated heterocycles. The van der Waals surface area contributed by atoms with Gasteiger partial charge in [0.25, 0.3) is 5.54 Å². The van der Waals surface area contributed by atoms with Crippen molar-refractivity contribution >= 4 is 11.7 Å². The van der Waals surface area contributed by atoms with Crippen LogP contribution in [-0.4, -0.2) is 17.2 Å². The molecule has 0 aliphatic carbocycles. The number of carboxylic acids is 1. The molecular weight excluding hydrogens is 169 g/mol. The normalized spacial score (nSPS) is 23.7. The molecule has 0 N–H and O–H groups in total. The maximum atomic E-state index is 10.4. The van der Waals surface area contributed by atoms with Gasteiger partial charge in [-0.15, -0.1) is 10.2 Å². The van der Waals surface area contributed by atoms with Crippen molar-refractivity contribution in [2.45, 2.75) is 5.54 Å². The van der Waals surface area contributed by atoms with Crippen molar-refractivity contribution in [3.8, 4) is 12.1 Å². The summed E-state index contributed by atoms with van der Waals surface area (Å²) in [5.74, 6) is -1.80. The van der Waals surface area contributed by atoms with Gasteiger partial charge in [0.1, 0.15) is 12.1 Å². The molecule has 0 aromatic carbocycles. The van der Waals surface area contributed by atoms with Gasteiger partial charge in [0.15, 0.2) is 5.71 Å². The summed E-state index contributed by atoms with van der Waals surface area (Å²) in [4.78, 5) is 10.4. The van der Waals surface area contributed by atoms with Gasteiger partial charge in [-0.25, -0.2) is 0 Å². The van der Waals surface area contributed by atoms with E-state index < -0.39 is 17.2 Å². The fourth-order valence-electron chi connectivity index (χ4n) is 0.616. The number of aliphatic carboxylic acids is 1. The van der Waals surface area contributed by atoms with E-state index in [0.29, 0.717) is 0 Å².